The minimum absolute atomic E-state index is 0.0590. The topological polar surface area (TPSA) is 96.3 Å². The van der Waals surface area contributed by atoms with E-state index in [-0.39, 0.29) is 16.4 Å². The Balaban J connectivity index is 2.08. The lowest BCUT2D eigenvalue weighted by molar-refractivity contribution is -0.384. The largest absolute Gasteiger partial charge is 0.339 e. The number of amides is 1. The second-order valence-electron chi connectivity index (χ2n) is 5.36. The third kappa shape index (κ3) is 6.45. The number of alkyl halides is 3. The van der Waals surface area contributed by atoms with Gasteiger partial charge >= 0.3 is 0 Å². The van der Waals surface area contributed by atoms with Crippen LogP contribution in [0.4, 0.5) is 15.8 Å². The number of nitrogens with zero attached hydrogens (tertiary/aromatic N) is 1. The van der Waals surface area contributed by atoms with E-state index in [9.17, 15) is 19.3 Å². The van der Waals surface area contributed by atoms with Crippen molar-refractivity contribution >= 4 is 69.4 Å². The zero-order valence-electron chi connectivity index (χ0n) is 13.8. The number of rotatable bonds is 5. The van der Waals surface area contributed by atoms with E-state index in [2.05, 4.69) is 16.0 Å². The molecule has 2 aromatic rings. The van der Waals surface area contributed by atoms with Crippen LogP contribution in [0.15, 0.2) is 48.5 Å². The second kappa shape index (κ2) is 9.33. The van der Waals surface area contributed by atoms with E-state index in [1.807, 2.05) is 0 Å². The zero-order valence-corrected chi connectivity index (χ0v) is 16.9. The van der Waals surface area contributed by atoms with E-state index >= 15 is 0 Å². The minimum atomic E-state index is -2.00. The highest BCUT2D eigenvalue weighted by Gasteiger charge is 2.35. The molecule has 1 atom stereocenters. The van der Waals surface area contributed by atoms with Crippen LogP contribution in [0.25, 0.3) is 0 Å². The molecule has 2 rings (SSSR count). The van der Waals surface area contributed by atoms with E-state index in [0.29, 0.717) is 5.69 Å². The molecular weight excluding hydrogens is 454 g/mol. The first kappa shape index (κ1) is 22.1. The number of thiocarbonyl (C=S) groups is 1. The van der Waals surface area contributed by atoms with Crippen LogP contribution in [0.3, 0.4) is 0 Å². The van der Waals surface area contributed by atoms with Crippen LogP contribution in [0.1, 0.15) is 10.4 Å². The molecule has 0 aromatic heterocycles. The van der Waals surface area contributed by atoms with Gasteiger partial charge in [0.25, 0.3) is 11.6 Å². The first-order chi connectivity index (χ1) is 13.1. The normalized spacial score (nSPS) is 12.0. The summed E-state index contributed by atoms with van der Waals surface area (Å²) in [6, 6.07) is 10.3. The Morgan fingerprint density at radius 3 is 2.36 bits per heavy atom. The Hall–Kier alpha value is -2.20. The maximum absolute atomic E-state index is 13.0. The smallest absolute Gasteiger partial charge is 0.271 e. The van der Waals surface area contributed by atoms with E-state index in [0.717, 1.165) is 12.1 Å². The van der Waals surface area contributed by atoms with Crippen molar-refractivity contribution in [1.29, 1.82) is 0 Å². The van der Waals surface area contributed by atoms with Crippen molar-refractivity contribution in [2.24, 2.45) is 0 Å². The third-order valence-electron chi connectivity index (χ3n) is 3.30. The Morgan fingerprint density at radius 2 is 1.79 bits per heavy atom. The van der Waals surface area contributed by atoms with Crippen molar-refractivity contribution < 1.29 is 14.1 Å². The third-order valence-corrected chi connectivity index (χ3v) is 4.17. The maximum atomic E-state index is 13.0. The molecule has 0 aliphatic heterocycles. The minimum Gasteiger partial charge on any atom is -0.339 e. The Labute approximate surface area is 179 Å². The molecule has 0 aliphatic rings. The summed E-state index contributed by atoms with van der Waals surface area (Å²) < 4.78 is 11.0. The molecule has 0 spiro atoms. The van der Waals surface area contributed by atoms with Crippen molar-refractivity contribution in [2.75, 3.05) is 5.32 Å². The standard InChI is InChI=1S/C16H12Cl3FN4O3S/c17-16(18,19)14(22-13(25)9-4-6-10(20)7-5-9)23-15(28)21-11-2-1-3-12(8-11)24(26)27/h1-8,14H,(H,22,25)(H2,21,23,28)/t14-/m0/s1. The highest BCUT2D eigenvalue weighted by molar-refractivity contribution is 7.80. The number of hydrogen-bond donors (Lipinski definition) is 3. The Kier molecular flexibility index (Phi) is 7.36. The van der Waals surface area contributed by atoms with Crippen LogP contribution in [0.5, 0.6) is 0 Å². The number of nitrogens with one attached hydrogen (secondary N) is 3. The highest BCUT2D eigenvalue weighted by Crippen LogP contribution is 2.29. The Morgan fingerprint density at radius 1 is 1.14 bits per heavy atom. The number of hydrogen-bond acceptors (Lipinski definition) is 4. The monoisotopic (exact) mass is 464 g/mol. The summed E-state index contributed by atoms with van der Waals surface area (Å²) in [5, 5.41) is 18.5. The van der Waals surface area contributed by atoms with Gasteiger partial charge in [-0.3, -0.25) is 14.9 Å². The highest BCUT2D eigenvalue weighted by atomic mass is 35.6. The summed E-state index contributed by atoms with van der Waals surface area (Å²) in [7, 11) is 0. The molecule has 0 bridgehead atoms. The van der Waals surface area contributed by atoms with E-state index < -0.39 is 26.6 Å². The van der Waals surface area contributed by atoms with Gasteiger partial charge in [-0.15, -0.1) is 0 Å². The lowest BCUT2D eigenvalue weighted by atomic mass is 10.2. The van der Waals surface area contributed by atoms with E-state index in [4.69, 9.17) is 47.0 Å². The van der Waals surface area contributed by atoms with Crippen LogP contribution in [0.2, 0.25) is 0 Å². The molecule has 12 heteroatoms. The molecule has 2 aromatic carbocycles. The van der Waals surface area contributed by atoms with Gasteiger partial charge in [0.1, 0.15) is 12.0 Å². The van der Waals surface area contributed by atoms with Crippen molar-refractivity contribution in [3.8, 4) is 0 Å². The van der Waals surface area contributed by atoms with Gasteiger partial charge in [0.05, 0.1) is 4.92 Å². The number of anilines is 1. The molecule has 7 nitrogen and oxygen atoms in total. The Bertz CT molecular complexity index is 893. The fourth-order valence-electron chi connectivity index (χ4n) is 2.01. The second-order valence-corrected chi connectivity index (χ2v) is 8.14. The molecule has 148 valence electrons. The van der Waals surface area contributed by atoms with Crippen LogP contribution < -0.4 is 16.0 Å². The summed E-state index contributed by atoms with van der Waals surface area (Å²) in [6.07, 6.45) is -1.26. The summed E-state index contributed by atoms with van der Waals surface area (Å²) in [5.74, 6) is -1.14. The number of benzene rings is 2. The van der Waals surface area contributed by atoms with Crippen LogP contribution >= 0.6 is 47.0 Å². The maximum Gasteiger partial charge on any atom is 0.271 e. The molecule has 0 saturated heterocycles. The van der Waals surface area contributed by atoms with Crippen molar-refractivity contribution in [2.45, 2.75) is 9.96 Å². The number of carbonyl (C=O) groups is 1. The molecular formula is C16H12Cl3FN4O3S. The van der Waals surface area contributed by atoms with Crippen LogP contribution in [-0.2, 0) is 0 Å². The number of nitro groups is 1. The van der Waals surface area contributed by atoms with Crippen molar-refractivity contribution in [3.05, 3.63) is 70.0 Å². The molecule has 0 saturated carbocycles. The summed E-state index contributed by atoms with van der Waals surface area (Å²) in [5.41, 5.74) is 0.315. The first-order valence-electron chi connectivity index (χ1n) is 7.51. The molecule has 3 N–H and O–H groups in total. The van der Waals surface area contributed by atoms with Gasteiger partial charge in [0.15, 0.2) is 5.11 Å². The van der Waals surface area contributed by atoms with Gasteiger partial charge in [-0.2, -0.15) is 0 Å². The number of carbonyl (C=O) groups excluding carboxylic acids is 1. The predicted octanol–water partition coefficient (Wildman–Crippen LogP) is 4.15. The summed E-state index contributed by atoms with van der Waals surface area (Å²) >= 11 is 22.8. The van der Waals surface area contributed by atoms with Crippen molar-refractivity contribution in [1.82, 2.24) is 10.6 Å². The number of nitro benzene ring substituents is 1. The fourth-order valence-corrected chi connectivity index (χ4v) is 2.57. The average molecular weight is 466 g/mol. The number of halogens is 4. The lowest BCUT2D eigenvalue weighted by Crippen LogP contribution is -2.56. The number of non-ortho nitro benzene ring substituents is 1. The quantitative estimate of drug-likeness (QED) is 0.202. The molecule has 0 fully saturated rings. The van der Waals surface area contributed by atoms with Gasteiger partial charge in [-0.05, 0) is 42.5 Å². The zero-order chi connectivity index (χ0) is 20.9. The van der Waals surface area contributed by atoms with Gasteiger partial charge in [-0.1, -0.05) is 40.9 Å². The van der Waals surface area contributed by atoms with Gasteiger partial charge in [0, 0.05) is 23.4 Å². The first-order valence-corrected chi connectivity index (χ1v) is 9.05. The van der Waals surface area contributed by atoms with Crippen LogP contribution in [0, 0.1) is 15.9 Å². The lowest BCUT2D eigenvalue weighted by Gasteiger charge is -2.27. The molecule has 0 aliphatic carbocycles. The SMILES string of the molecule is O=C(N[C@@H](NC(=S)Nc1cccc([N+](=O)[O-])c1)C(Cl)(Cl)Cl)c1ccc(F)cc1. The van der Waals surface area contributed by atoms with Gasteiger partial charge in [0.2, 0.25) is 3.79 Å². The summed E-state index contributed by atoms with van der Waals surface area (Å²) in [6.45, 7) is 0. The fraction of sp³-hybridized carbons (Fsp3) is 0.125. The predicted molar refractivity (Wildman–Crippen MR) is 110 cm³/mol. The molecule has 28 heavy (non-hydrogen) atoms. The molecule has 1 amide bonds. The van der Waals surface area contributed by atoms with Crippen molar-refractivity contribution in [3.63, 3.8) is 0 Å². The van der Waals surface area contributed by atoms with E-state index in [1.54, 1.807) is 6.07 Å². The van der Waals surface area contributed by atoms with Gasteiger partial charge in [-0.25, -0.2) is 4.39 Å². The molecule has 0 heterocycles. The summed E-state index contributed by atoms with van der Waals surface area (Å²) in [4.78, 5) is 22.6. The van der Waals surface area contributed by atoms with E-state index in [1.165, 1.54) is 30.3 Å². The van der Waals surface area contributed by atoms with Crippen LogP contribution in [-0.4, -0.2) is 25.9 Å². The van der Waals surface area contributed by atoms with Gasteiger partial charge < -0.3 is 16.0 Å². The molecule has 0 radical (unpaired) electrons. The molecule has 0 unspecified atom stereocenters. The average Bonchev–Trinajstić information content (AvgIpc) is 2.61.